The molecule has 0 aliphatic heterocycles. The van der Waals surface area contributed by atoms with Crippen LogP contribution in [0.4, 0.5) is 8.78 Å². The molecule has 0 saturated heterocycles. The minimum Gasteiger partial charge on any atom is -0.472 e. The van der Waals surface area contributed by atoms with Crippen LogP contribution < -0.4 is 11.1 Å². The summed E-state index contributed by atoms with van der Waals surface area (Å²) in [6.45, 7) is -1.60. The molecule has 7 nitrogen and oxygen atoms in total. The number of halogens is 3. The molecule has 0 spiro atoms. The van der Waals surface area contributed by atoms with E-state index in [-0.39, 0.29) is 31.1 Å². The summed E-state index contributed by atoms with van der Waals surface area (Å²) in [5.74, 6) is -3.05. The summed E-state index contributed by atoms with van der Waals surface area (Å²) in [5, 5.41) is 5.83. The molecule has 2 heterocycles. The van der Waals surface area contributed by atoms with Gasteiger partial charge < -0.3 is 20.0 Å². The largest absolute Gasteiger partial charge is 0.472 e. The van der Waals surface area contributed by atoms with Crippen LogP contribution in [0.3, 0.4) is 0 Å². The molecule has 2 aromatic rings. The van der Waals surface area contributed by atoms with E-state index in [1.165, 1.54) is 12.5 Å². The highest BCUT2D eigenvalue weighted by Crippen LogP contribution is 2.16. The number of alkyl halides is 2. The summed E-state index contributed by atoms with van der Waals surface area (Å²) in [5.41, 5.74) is 5.51. The van der Waals surface area contributed by atoms with Gasteiger partial charge in [0.15, 0.2) is 0 Å². The Hall–Kier alpha value is -2.00. The zero-order valence-corrected chi connectivity index (χ0v) is 12.2. The average Bonchev–Trinajstić information content (AvgIpc) is 3.13. The Morgan fingerprint density at radius 2 is 2.23 bits per heavy atom. The number of amides is 1. The normalized spacial score (nSPS) is 11.0. The third-order valence-corrected chi connectivity index (χ3v) is 2.66. The van der Waals surface area contributed by atoms with Gasteiger partial charge >= 0.3 is 0 Å². The van der Waals surface area contributed by atoms with Gasteiger partial charge in [-0.2, -0.15) is 4.98 Å². The van der Waals surface area contributed by atoms with Gasteiger partial charge in [-0.1, -0.05) is 5.16 Å². The van der Waals surface area contributed by atoms with Gasteiger partial charge in [0.2, 0.25) is 17.6 Å². The molecule has 0 fully saturated rings. The molecule has 1 amide bonds. The number of nitrogens with two attached hydrogens (primary N) is 1. The number of rotatable bonds is 7. The molecule has 10 heteroatoms. The third-order valence-electron chi connectivity index (χ3n) is 2.66. The van der Waals surface area contributed by atoms with E-state index in [9.17, 15) is 13.6 Å². The first-order chi connectivity index (χ1) is 10.00. The molecule has 22 heavy (non-hydrogen) atoms. The molecule has 0 radical (unpaired) electrons. The van der Waals surface area contributed by atoms with Gasteiger partial charge in [0.1, 0.15) is 6.26 Å². The standard InChI is InChI=1S/C12H14F2N4O3.ClH/c13-12(14,6-15)7-16-9(19)1-2-10-17-11(18-21-10)8-3-4-20-5-8;/h3-5H,1-2,6-7,15H2,(H,16,19);1H. The van der Waals surface area contributed by atoms with Gasteiger partial charge in [-0.15, -0.1) is 12.4 Å². The van der Waals surface area contributed by atoms with Crippen molar-refractivity contribution in [1.82, 2.24) is 15.5 Å². The van der Waals surface area contributed by atoms with Gasteiger partial charge in [0.25, 0.3) is 5.92 Å². The first-order valence-electron chi connectivity index (χ1n) is 6.20. The lowest BCUT2D eigenvalue weighted by Gasteiger charge is -2.14. The fraction of sp³-hybridized carbons (Fsp3) is 0.417. The van der Waals surface area contributed by atoms with Crippen molar-refractivity contribution in [2.24, 2.45) is 5.73 Å². The molecule has 0 aliphatic carbocycles. The van der Waals surface area contributed by atoms with Crippen LogP contribution in [-0.4, -0.2) is 35.1 Å². The first-order valence-corrected chi connectivity index (χ1v) is 6.20. The van der Waals surface area contributed by atoms with E-state index in [1.54, 1.807) is 6.07 Å². The van der Waals surface area contributed by atoms with Crippen molar-refractivity contribution < 1.29 is 22.5 Å². The quantitative estimate of drug-likeness (QED) is 0.791. The summed E-state index contributed by atoms with van der Waals surface area (Å²) in [7, 11) is 0. The van der Waals surface area contributed by atoms with E-state index in [0.29, 0.717) is 11.4 Å². The van der Waals surface area contributed by atoms with Gasteiger partial charge in [-0.25, -0.2) is 8.78 Å². The highest BCUT2D eigenvalue weighted by Gasteiger charge is 2.27. The molecule has 0 atom stereocenters. The van der Waals surface area contributed by atoms with Crippen molar-refractivity contribution >= 4 is 18.3 Å². The van der Waals surface area contributed by atoms with Crippen molar-refractivity contribution in [3.05, 3.63) is 24.5 Å². The van der Waals surface area contributed by atoms with Crippen LogP contribution in [0.1, 0.15) is 12.3 Å². The van der Waals surface area contributed by atoms with Gasteiger partial charge in [0.05, 0.1) is 24.9 Å². The maximum Gasteiger partial charge on any atom is 0.277 e. The smallest absolute Gasteiger partial charge is 0.277 e. The number of aromatic nitrogens is 2. The molecule has 0 unspecified atom stereocenters. The predicted octanol–water partition coefficient (Wildman–Crippen LogP) is 1.39. The number of carbonyl (C=O) groups is 1. The molecule has 0 saturated carbocycles. The maximum absolute atomic E-state index is 12.8. The van der Waals surface area contributed by atoms with Crippen LogP contribution in [-0.2, 0) is 11.2 Å². The predicted molar refractivity (Wildman–Crippen MR) is 74.6 cm³/mol. The number of aryl methyl sites for hydroxylation is 1. The second kappa shape index (κ2) is 7.85. The molecule has 3 N–H and O–H groups in total. The molecule has 2 rings (SSSR count). The SMILES string of the molecule is Cl.NCC(F)(F)CNC(=O)CCc1nc(-c2ccoc2)no1. The van der Waals surface area contributed by atoms with E-state index in [0.717, 1.165) is 0 Å². The molecule has 2 aromatic heterocycles. The minimum absolute atomic E-state index is 0. The van der Waals surface area contributed by atoms with E-state index < -0.39 is 24.9 Å². The second-order valence-corrected chi connectivity index (χ2v) is 4.36. The minimum atomic E-state index is -3.10. The van der Waals surface area contributed by atoms with E-state index >= 15 is 0 Å². The number of carbonyl (C=O) groups excluding carboxylic acids is 1. The van der Waals surface area contributed by atoms with Crippen molar-refractivity contribution in [2.75, 3.05) is 13.1 Å². The number of nitrogens with zero attached hydrogens (tertiary/aromatic N) is 2. The summed E-state index contributed by atoms with van der Waals surface area (Å²) < 4.78 is 35.5. The Morgan fingerprint density at radius 1 is 1.45 bits per heavy atom. The molecule has 0 bridgehead atoms. The summed E-state index contributed by atoms with van der Waals surface area (Å²) in [6.07, 6.45) is 3.05. The Labute approximate surface area is 130 Å². The average molecular weight is 337 g/mol. The zero-order chi connectivity index (χ0) is 15.3. The fourth-order valence-corrected chi connectivity index (χ4v) is 1.47. The lowest BCUT2D eigenvalue weighted by atomic mass is 10.2. The Kier molecular flexibility index (Phi) is 6.44. The highest BCUT2D eigenvalue weighted by atomic mass is 35.5. The summed E-state index contributed by atoms with van der Waals surface area (Å²) >= 11 is 0. The van der Waals surface area contributed by atoms with E-state index in [2.05, 4.69) is 15.5 Å². The van der Waals surface area contributed by atoms with E-state index in [4.69, 9.17) is 14.7 Å². The maximum atomic E-state index is 12.8. The molecule has 122 valence electrons. The summed E-state index contributed by atoms with van der Waals surface area (Å²) in [6, 6.07) is 1.66. The Bertz CT molecular complexity index is 589. The Balaban J connectivity index is 0.00000242. The van der Waals surface area contributed by atoms with Crippen molar-refractivity contribution in [2.45, 2.75) is 18.8 Å². The molecular weight excluding hydrogens is 322 g/mol. The Morgan fingerprint density at radius 3 is 2.86 bits per heavy atom. The van der Waals surface area contributed by atoms with Crippen molar-refractivity contribution in [3.63, 3.8) is 0 Å². The van der Waals surface area contributed by atoms with Gasteiger partial charge in [-0.05, 0) is 6.07 Å². The van der Waals surface area contributed by atoms with Crippen LogP contribution in [0.25, 0.3) is 11.4 Å². The molecule has 0 aliphatic rings. The second-order valence-electron chi connectivity index (χ2n) is 4.36. The van der Waals surface area contributed by atoms with Gasteiger partial charge in [0, 0.05) is 12.8 Å². The van der Waals surface area contributed by atoms with Crippen LogP contribution in [0.5, 0.6) is 0 Å². The number of nitrogens with one attached hydrogen (secondary N) is 1. The number of hydrogen-bond acceptors (Lipinski definition) is 6. The highest BCUT2D eigenvalue weighted by molar-refractivity contribution is 5.85. The summed E-state index contributed by atoms with van der Waals surface area (Å²) in [4.78, 5) is 15.5. The zero-order valence-electron chi connectivity index (χ0n) is 11.4. The number of hydrogen-bond donors (Lipinski definition) is 2. The van der Waals surface area contributed by atoms with Crippen LogP contribution >= 0.6 is 12.4 Å². The third kappa shape index (κ3) is 5.08. The van der Waals surface area contributed by atoms with Crippen LogP contribution in [0.15, 0.2) is 27.5 Å². The number of furan rings is 1. The lowest BCUT2D eigenvalue weighted by Crippen LogP contribution is -2.41. The van der Waals surface area contributed by atoms with Crippen LogP contribution in [0, 0.1) is 0 Å². The first kappa shape index (κ1) is 18.1. The van der Waals surface area contributed by atoms with Crippen LogP contribution in [0.2, 0.25) is 0 Å². The van der Waals surface area contributed by atoms with Crippen molar-refractivity contribution in [3.8, 4) is 11.4 Å². The van der Waals surface area contributed by atoms with Gasteiger partial charge in [-0.3, -0.25) is 4.79 Å². The molecular formula is C12H15ClF2N4O3. The van der Waals surface area contributed by atoms with Crippen molar-refractivity contribution in [1.29, 1.82) is 0 Å². The van der Waals surface area contributed by atoms with E-state index in [1.807, 2.05) is 0 Å². The topological polar surface area (TPSA) is 107 Å². The monoisotopic (exact) mass is 336 g/mol. The molecule has 0 aromatic carbocycles. The lowest BCUT2D eigenvalue weighted by molar-refractivity contribution is -0.122. The fourth-order valence-electron chi connectivity index (χ4n) is 1.47.